The summed E-state index contributed by atoms with van der Waals surface area (Å²) in [6.45, 7) is 4.23. The minimum atomic E-state index is -0.498. The van der Waals surface area contributed by atoms with Gasteiger partial charge in [-0.1, -0.05) is 41.9 Å². The summed E-state index contributed by atoms with van der Waals surface area (Å²) in [5.74, 6) is -0.137. The van der Waals surface area contributed by atoms with Gasteiger partial charge in [-0.3, -0.25) is 0 Å². The number of fused-ring (bicyclic) bond motifs is 3. The van der Waals surface area contributed by atoms with Crippen LogP contribution in [-0.4, -0.2) is 35.8 Å². The van der Waals surface area contributed by atoms with E-state index >= 15 is 0 Å². The van der Waals surface area contributed by atoms with Gasteiger partial charge in [0.25, 0.3) is 0 Å². The molecule has 0 spiro atoms. The first kappa shape index (κ1) is 22.1. The maximum absolute atomic E-state index is 12.9. The Balaban J connectivity index is 1.79. The normalized spacial score (nSPS) is 11.4. The molecule has 0 bridgehead atoms. The molecule has 4 rings (SSSR count). The van der Waals surface area contributed by atoms with Gasteiger partial charge in [0, 0.05) is 40.4 Å². The van der Waals surface area contributed by atoms with E-state index in [-0.39, 0.29) is 18.4 Å². The molecule has 0 fully saturated rings. The zero-order chi connectivity index (χ0) is 22.7. The third-order valence-corrected chi connectivity index (χ3v) is 5.34. The molecule has 0 aliphatic carbocycles. The van der Waals surface area contributed by atoms with Crippen LogP contribution >= 0.6 is 11.6 Å². The van der Waals surface area contributed by atoms with Crippen LogP contribution in [0.15, 0.2) is 48.5 Å². The number of carbonyl (C=O) groups excluding carboxylic acids is 1. The SMILES string of the molecule is COCc1c(C(=O)OC(C)C)nc(OCCc2ccc(Cl)cc2)c2[nH]c3ccccc3c12. The lowest BCUT2D eigenvalue weighted by molar-refractivity contribution is 0.0365. The maximum atomic E-state index is 12.9. The molecular formula is C25H25ClN2O4. The van der Waals surface area contributed by atoms with Crippen LogP contribution in [0.1, 0.15) is 35.5 Å². The van der Waals surface area contributed by atoms with Crippen LogP contribution in [0.4, 0.5) is 0 Å². The van der Waals surface area contributed by atoms with Crippen LogP contribution in [0, 0.1) is 0 Å². The van der Waals surface area contributed by atoms with Gasteiger partial charge in [-0.2, -0.15) is 0 Å². The number of nitrogens with zero attached hydrogens (tertiary/aromatic N) is 1. The van der Waals surface area contributed by atoms with Gasteiger partial charge in [0.15, 0.2) is 5.69 Å². The lowest BCUT2D eigenvalue weighted by Crippen LogP contribution is -2.17. The van der Waals surface area contributed by atoms with Gasteiger partial charge >= 0.3 is 5.97 Å². The summed E-state index contributed by atoms with van der Waals surface area (Å²) in [5, 5.41) is 2.52. The average molecular weight is 453 g/mol. The fourth-order valence-electron chi connectivity index (χ4n) is 3.70. The summed E-state index contributed by atoms with van der Waals surface area (Å²) in [6.07, 6.45) is 0.402. The number of halogens is 1. The summed E-state index contributed by atoms with van der Waals surface area (Å²) in [5.41, 5.74) is 3.64. The smallest absolute Gasteiger partial charge is 0.357 e. The summed E-state index contributed by atoms with van der Waals surface area (Å²) in [6, 6.07) is 15.5. The first-order valence-corrected chi connectivity index (χ1v) is 10.9. The molecule has 0 amide bonds. The van der Waals surface area contributed by atoms with Crippen LogP contribution in [0.5, 0.6) is 5.88 Å². The summed E-state index contributed by atoms with van der Waals surface area (Å²) < 4.78 is 17.0. The number of carbonyl (C=O) groups is 1. The fraction of sp³-hybridized carbons (Fsp3) is 0.280. The van der Waals surface area contributed by atoms with Crippen molar-refractivity contribution in [2.24, 2.45) is 0 Å². The van der Waals surface area contributed by atoms with Gasteiger partial charge in [0.05, 0.1) is 19.3 Å². The van der Waals surface area contributed by atoms with Crippen LogP contribution in [0.2, 0.25) is 5.02 Å². The lowest BCUT2D eigenvalue weighted by atomic mass is 10.1. The van der Waals surface area contributed by atoms with Crippen molar-refractivity contribution in [3.8, 4) is 5.88 Å². The Morgan fingerprint density at radius 3 is 2.59 bits per heavy atom. The molecule has 32 heavy (non-hydrogen) atoms. The van der Waals surface area contributed by atoms with Crippen molar-refractivity contribution in [3.63, 3.8) is 0 Å². The number of H-pyrrole nitrogens is 1. The van der Waals surface area contributed by atoms with E-state index in [1.165, 1.54) is 0 Å². The number of aromatic amines is 1. The second-order valence-electron chi connectivity index (χ2n) is 7.78. The average Bonchev–Trinajstić information content (AvgIpc) is 3.16. The van der Waals surface area contributed by atoms with Crippen molar-refractivity contribution >= 4 is 39.4 Å². The summed E-state index contributed by atoms with van der Waals surface area (Å²) >= 11 is 5.97. The zero-order valence-corrected chi connectivity index (χ0v) is 19.0. The van der Waals surface area contributed by atoms with Crippen LogP contribution < -0.4 is 4.74 Å². The largest absolute Gasteiger partial charge is 0.476 e. The molecule has 166 valence electrons. The first-order chi connectivity index (χ1) is 15.5. The Bertz CT molecular complexity index is 1250. The monoisotopic (exact) mass is 452 g/mol. The number of hydrogen-bond donors (Lipinski definition) is 1. The third kappa shape index (κ3) is 4.56. The predicted octanol–water partition coefficient (Wildman–Crippen LogP) is 5.70. The molecule has 0 aliphatic heterocycles. The molecule has 0 aliphatic rings. The molecule has 0 saturated carbocycles. The highest BCUT2D eigenvalue weighted by atomic mass is 35.5. The van der Waals surface area contributed by atoms with E-state index in [0.29, 0.717) is 29.5 Å². The standard InChI is InChI=1S/C25H25ClN2O4/c1-15(2)32-25(29)22-19(14-30-3)21-18-6-4-5-7-20(18)27-23(21)24(28-22)31-13-12-16-8-10-17(26)11-9-16/h4-11,15,27H,12-14H2,1-3H3. The molecule has 2 heterocycles. The van der Waals surface area contributed by atoms with E-state index in [2.05, 4.69) is 9.97 Å². The molecule has 0 radical (unpaired) electrons. The Kier molecular flexibility index (Phi) is 6.63. The van der Waals surface area contributed by atoms with E-state index in [0.717, 1.165) is 27.4 Å². The van der Waals surface area contributed by atoms with E-state index in [1.54, 1.807) is 7.11 Å². The highest BCUT2D eigenvalue weighted by Crippen LogP contribution is 2.35. The van der Waals surface area contributed by atoms with E-state index < -0.39 is 5.97 Å². The molecule has 7 heteroatoms. The Hall–Kier alpha value is -3.09. The molecule has 4 aromatic rings. The molecule has 2 aromatic carbocycles. The zero-order valence-electron chi connectivity index (χ0n) is 18.3. The minimum Gasteiger partial charge on any atom is -0.476 e. The number of esters is 1. The van der Waals surface area contributed by atoms with Gasteiger partial charge in [-0.25, -0.2) is 9.78 Å². The van der Waals surface area contributed by atoms with Crippen molar-refractivity contribution in [2.45, 2.75) is 33.0 Å². The highest BCUT2D eigenvalue weighted by Gasteiger charge is 2.25. The van der Waals surface area contributed by atoms with Crippen LogP contribution in [-0.2, 0) is 22.5 Å². The van der Waals surface area contributed by atoms with Crippen LogP contribution in [0.25, 0.3) is 21.8 Å². The van der Waals surface area contributed by atoms with Crippen LogP contribution in [0.3, 0.4) is 0 Å². The number of methoxy groups -OCH3 is 1. The van der Waals surface area contributed by atoms with E-state index in [1.807, 2.05) is 62.4 Å². The quantitative estimate of drug-likeness (QED) is 0.347. The topological polar surface area (TPSA) is 73.4 Å². The minimum absolute atomic E-state index is 0.208. The Morgan fingerprint density at radius 2 is 1.88 bits per heavy atom. The van der Waals surface area contributed by atoms with E-state index in [9.17, 15) is 4.79 Å². The van der Waals surface area contributed by atoms with Crippen molar-refractivity contribution in [1.29, 1.82) is 0 Å². The van der Waals surface area contributed by atoms with Crippen molar-refractivity contribution < 1.29 is 19.0 Å². The molecule has 1 N–H and O–H groups in total. The maximum Gasteiger partial charge on any atom is 0.357 e. The van der Waals surface area contributed by atoms with Gasteiger partial charge in [0.1, 0.15) is 5.52 Å². The van der Waals surface area contributed by atoms with Crippen molar-refractivity contribution in [2.75, 3.05) is 13.7 Å². The predicted molar refractivity (Wildman–Crippen MR) is 126 cm³/mol. The second kappa shape index (κ2) is 9.59. The number of aromatic nitrogens is 2. The number of rotatable bonds is 8. The number of para-hydroxylation sites is 1. The van der Waals surface area contributed by atoms with E-state index in [4.69, 9.17) is 25.8 Å². The van der Waals surface area contributed by atoms with Gasteiger partial charge < -0.3 is 19.2 Å². The second-order valence-corrected chi connectivity index (χ2v) is 8.21. The molecule has 0 unspecified atom stereocenters. The summed E-state index contributed by atoms with van der Waals surface area (Å²) in [4.78, 5) is 20.9. The Labute approximate surface area is 191 Å². The van der Waals surface area contributed by atoms with Gasteiger partial charge in [-0.15, -0.1) is 0 Å². The lowest BCUT2D eigenvalue weighted by Gasteiger charge is -2.15. The van der Waals surface area contributed by atoms with Crippen molar-refractivity contribution in [1.82, 2.24) is 9.97 Å². The number of benzene rings is 2. The Morgan fingerprint density at radius 1 is 1.12 bits per heavy atom. The first-order valence-electron chi connectivity index (χ1n) is 10.5. The highest BCUT2D eigenvalue weighted by molar-refractivity contribution is 6.30. The van der Waals surface area contributed by atoms with Crippen molar-refractivity contribution in [3.05, 3.63) is 70.4 Å². The number of pyridine rings is 1. The fourth-order valence-corrected chi connectivity index (χ4v) is 3.83. The van der Waals surface area contributed by atoms with Gasteiger partial charge in [0.2, 0.25) is 5.88 Å². The van der Waals surface area contributed by atoms with Gasteiger partial charge in [-0.05, 0) is 37.6 Å². The molecular weight excluding hydrogens is 428 g/mol. The molecule has 6 nitrogen and oxygen atoms in total. The number of ether oxygens (including phenoxy) is 3. The molecule has 2 aromatic heterocycles. The third-order valence-electron chi connectivity index (χ3n) is 5.09. The molecule has 0 saturated heterocycles. The number of nitrogens with one attached hydrogen (secondary N) is 1. The number of hydrogen-bond acceptors (Lipinski definition) is 5. The summed E-state index contributed by atoms with van der Waals surface area (Å²) in [7, 11) is 1.59. The molecule has 0 atom stereocenters.